The molecule has 1 saturated heterocycles. The molecule has 1 aliphatic rings. The molecule has 2 N–H and O–H groups in total. The Balaban J connectivity index is 2.10. The molecule has 1 unspecified atom stereocenters. The molecular weight excluding hydrogens is 380 g/mol. The Labute approximate surface area is 181 Å². The van der Waals surface area contributed by atoms with E-state index < -0.39 is 0 Å². The van der Waals surface area contributed by atoms with E-state index in [0.29, 0.717) is 19.0 Å². The van der Waals surface area contributed by atoms with Crippen molar-refractivity contribution < 1.29 is 14.3 Å². The number of aryl methyl sites for hydroxylation is 1. The highest BCUT2D eigenvalue weighted by Gasteiger charge is 2.16. The van der Waals surface area contributed by atoms with Gasteiger partial charge in [-0.3, -0.25) is 4.79 Å². The standard InChI is InChI=1S/C23H38N4O3/c1-17-10-11-18(20(13-17)30-23(2,3)4)14-24-22(26-16-21(28)27(5)6)25-15-19-9-7-8-12-29-19/h10-11,13,19H,7-9,12,14-16H2,1-6H3,(H2,24,25,26). The zero-order valence-electron chi connectivity index (χ0n) is 19.4. The van der Waals surface area contributed by atoms with Crippen LogP contribution < -0.4 is 15.4 Å². The number of benzene rings is 1. The molecule has 0 spiro atoms. The van der Waals surface area contributed by atoms with Gasteiger partial charge in [0.15, 0.2) is 5.96 Å². The largest absolute Gasteiger partial charge is 0.488 e. The minimum atomic E-state index is -0.290. The van der Waals surface area contributed by atoms with Crippen molar-refractivity contribution in [2.45, 2.75) is 65.2 Å². The van der Waals surface area contributed by atoms with Crippen molar-refractivity contribution >= 4 is 11.9 Å². The number of rotatable bonds is 7. The molecule has 0 radical (unpaired) electrons. The van der Waals surface area contributed by atoms with Gasteiger partial charge < -0.3 is 25.0 Å². The van der Waals surface area contributed by atoms with Crippen molar-refractivity contribution in [3.05, 3.63) is 29.3 Å². The van der Waals surface area contributed by atoms with E-state index in [9.17, 15) is 4.79 Å². The molecule has 1 atom stereocenters. The van der Waals surface area contributed by atoms with Crippen LogP contribution in [0.2, 0.25) is 0 Å². The fourth-order valence-corrected chi connectivity index (χ4v) is 3.05. The van der Waals surface area contributed by atoms with Crippen LogP contribution in [0.25, 0.3) is 0 Å². The Morgan fingerprint density at radius 1 is 1.27 bits per heavy atom. The maximum Gasteiger partial charge on any atom is 0.241 e. The number of ether oxygens (including phenoxy) is 2. The molecular formula is C23H38N4O3. The van der Waals surface area contributed by atoms with Gasteiger partial charge in [0.1, 0.15) is 11.4 Å². The second-order valence-corrected chi connectivity index (χ2v) is 9.00. The van der Waals surface area contributed by atoms with Gasteiger partial charge in [-0.1, -0.05) is 12.1 Å². The van der Waals surface area contributed by atoms with E-state index in [1.807, 2.05) is 39.8 Å². The first kappa shape index (κ1) is 24.0. The van der Waals surface area contributed by atoms with Gasteiger partial charge in [-0.25, -0.2) is 4.99 Å². The summed E-state index contributed by atoms with van der Waals surface area (Å²) < 4.78 is 11.9. The molecule has 7 heteroatoms. The van der Waals surface area contributed by atoms with Gasteiger partial charge in [0.2, 0.25) is 5.91 Å². The molecule has 0 aromatic heterocycles. The lowest BCUT2D eigenvalue weighted by atomic mass is 10.1. The van der Waals surface area contributed by atoms with Crippen LogP contribution >= 0.6 is 0 Å². The molecule has 2 rings (SSSR count). The normalized spacial score (nSPS) is 17.4. The molecule has 7 nitrogen and oxygen atoms in total. The molecule has 1 amide bonds. The summed E-state index contributed by atoms with van der Waals surface area (Å²) in [5.41, 5.74) is 1.86. The third kappa shape index (κ3) is 8.61. The lowest BCUT2D eigenvalue weighted by Gasteiger charge is -2.24. The smallest absolute Gasteiger partial charge is 0.241 e. The van der Waals surface area contributed by atoms with E-state index in [0.717, 1.165) is 36.3 Å². The Hall–Kier alpha value is -2.28. The number of nitrogens with zero attached hydrogens (tertiary/aromatic N) is 2. The topological polar surface area (TPSA) is 75.2 Å². The number of carbonyl (C=O) groups is 1. The number of hydrogen-bond acceptors (Lipinski definition) is 4. The first-order chi connectivity index (χ1) is 14.1. The van der Waals surface area contributed by atoms with Crippen LogP contribution in [0.4, 0.5) is 0 Å². The Morgan fingerprint density at radius 2 is 2.03 bits per heavy atom. The fourth-order valence-electron chi connectivity index (χ4n) is 3.05. The van der Waals surface area contributed by atoms with Crippen LogP contribution in [0.1, 0.15) is 51.2 Å². The van der Waals surface area contributed by atoms with Crippen LogP contribution in [0.15, 0.2) is 23.2 Å². The van der Waals surface area contributed by atoms with E-state index in [4.69, 9.17) is 14.5 Å². The highest BCUT2D eigenvalue weighted by molar-refractivity contribution is 5.86. The van der Waals surface area contributed by atoms with Crippen LogP contribution in [0.5, 0.6) is 5.75 Å². The third-order valence-electron chi connectivity index (χ3n) is 4.72. The molecule has 1 aromatic carbocycles. The minimum absolute atomic E-state index is 0.00879. The second kappa shape index (κ2) is 11.2. The molecule has 0 bridgehead atoms. The number of carbonyl (C=O) groups excluding carboxylic acids is 1. The number of guanidine groups is 1. The van der Waals surface area contributed by atoms with Crippen LogP contribution in [-0.2, 0) is 16.1 Å². The lowest BCUT2D eigenvalue weighted by Crippen LogP contribution is -2.45. The zero-order chi connectivity index (χ0) is 22.1. The van der Waals surface area contributed by atoms with Crippen molar-refractivity contribution in [2.24, 2.45) is 4.99 Å². The van der Waals surface area contributed by atoms with E-state index in [-0.39, 0.29) is 24.2 Å². The average Bonchev–Trinajstić information content (AvgIpc) is 2.67. The summed E-state index contributed by atoms with van der Waals surface area (Å²) in [6, 6.07) is 6.15. The molecule has 0 aliphatic carbocycles. The predicted octanol–water partition coefficient (Wildman–Crippen LogP) is 2.86. The Bertz CT molecular complexity index is 720. The van der Waals surface area contributed by atoms with Gasteiger partial charge in [-0.2, -0.15) is 0 Å². The van der Waals surface area contributed by atoms with E-state index in [2.05, 4.69) is 16.7 Å². The predicted molar refractivity (Wildman–Crippen MR) is 121 cm³/mol. The molecule has 1 aliphatic heterocycles. The minimum Gasteiger partial charge on any atom is -0.488 e. The number of hydrogen-bond donors (Lipinski definition) is 2. The third-order valence-corrected chi connectivity index (χ3v) is 4.72. The number of aliphatic imine (C=N–C) groups is 1. The van der Waals surface area contributed by atoms with Crippen LogP contribution in [-0.4, -0.2) is 62.3 Å². The summed E-state index contributed by atoms with van der Waals surface area (Å²) in [6.45, 7) is 10.3. The number of likely N-dealkylation sites (N-methyl/N-ethyl adjacent to an activating group) is 1. The van der Waals surface area contributed by atoms with Gasteiger partial charge in [-0.15, -0.1) is 0 Å². The maximum atomic E-state index is 12.0. The first-order valence-electron chi connectivity index (χ1n) is 10.8. The summed E-state index contributed by atoms with van der Waals surface area (Å²) in [5, 5.41) is 6.48. The van der Waals surface area contributed by atoms with Crippen molar-refractivity contribution in [3.8, 4) is 5.75 Å². The monoisotopic (exact) mass is 418 g/mol. The molecule has 1 fully saturated rings. The first-order valence-corrected chi connectivity index (χ1v) is 10.8. The van der Waals surface area contributed by atoms with Crippen molar-refractivity contribution in [1.82, 2.24) is 15.5 Å². The lowest BCUT2D eigenvalue weighted by molar-refractivity contribution is -0.127. The van der Waals surface area contributed by atoms with Crippen molar-refractivity contribution in [2.75, 3.05) is 33.8 Å². The Morgan fingerprint density at radius 3 is 2.67 bits per heavy atom. The van der Waals surface area contributed by atoms with Gasteiger partial charge in [-0.05, 0) is 58.6 Å². The molecule has 1 heterocycles. The zero-order valence-corrected chi connectivity index (χ0v) is 19.4. The Kier molecular flexibility index (Phi) is 8.96. The summed E-state index contributed by atoms with van der Waals surface area (Å²) >= 11 is 0. The van der Waals surface area contributed by atoms with Gasteiger partial charge in [0.25, 0.3) is 0 Å². The molecule has 30 heavy (non-hydrogen) atoms. The quantitative estimate of drug-likeness (QED) is 0.526. The van der Waals surface area contributed by atoms with Crippen molar-refractivity contribution in [1.29, 1.82) is 0 Å². The number of amides is 1. The maximum absolute atomic E-state index is 12.0. The van der Waals surface area contributed by atoms with E-state index in [1.54, 1.807) is 19.0 Å². The van der Waals surface area contributed by atoms with Gasteiger partial charge in [0, 0.05) is 32.8 Å². The summed E-state index contributed by atoms with van der Waals surface area (Å²) in [7, 11) is 3.49. The highest BCUT2D eigenvalue weighted by Crippen LogP contribution is 2.25. The highest BCUT2D eigenvalue weighted by atomic mass is 16.5. The summed E-state index contributed by atoms with van der Waals surface area (Å²) in [4.78, 5) is 18.3. The van der Waals surface area contributed by atoms with Crippen molar-refractivity contribution in [3.63, 3.8) is 0 Å². The summed E-state index contributed by atoms with van der Waals surface area (Å²) in [5.74, 6) is 1.43. The van der Waals surface area contributed by atoms with Gasteiger partial charge in [0.05, 0.1) is 19.2 Å². The molecule has 0 saturated carbocycles. The number of nitrogens with one attached hydrogen (secondary N) is 2. The van der Waals surface area contributed by atoms with E-state index >= 15 is 0 Å². The molecule has 1 aromatic rings. The SMILES string of the molecule is Cc1ccc(CN=C(NCC(=O)N(C)C)NCC2CCCCO2)c(OC(C)(C)C)c1. The van der Waals surface area contributed by atoms with Crippen LogP contribution in [0.3, 0.4) is 0 Å². The van der Waals surface area contributed by atoms with Crippen LogP contribution in [0, 0.1) is 6.92 Å². The summed E-state index contributed by atoms with van der Waals surface area (Å²) in [6.07, 6.45) is 3.52. The van der Waals surface area contributed by atoms with Gasteiger partial charge >= 0.3 is 0 Å². The molecule has 168 valence electrons. The fraction of sp³-hybridized carbons (Fsp3) is 0.652. The average molecular weight is 419 g/mol. The second-order valence-electron chi connectivity index (χ2n) is 9.00. The van der Waals surface area contributed by atoms with E-state index in [1.165, 1.54) is 6.42 Å².